The third kappa shape index (κ3) is 3.03. The van der Waals surface area contributed by atoms with Gasteiger partial charge in [0.15, 0.2) is 5.03 Å². The Kier molecular flexibility index (Phi) is 4.48. The maximum atomic E-state index is 12.8. The van der Waals surface area contributed by atoms with Crippen molar-refractivity contribution in [3.8, 4) is 0 Å². The van der Waals surface area contributed by atoms with Crippen molar-refractivity contribution < 1.29 is 8.42 Å². The molecular formula is C12H22N4O2S2. The normalized spacial score (nSPS) is 20.2. The molecule has 0 unspecified atom stereocenters. The van der Waals surface area contributed by atoms with E-state index in [-0.39, 0.29) is 9.77 Å². The second kappa shape index (κ2) is 5.67. The Balaban J connectivity index is 2.35. The molecule has 114 valence electrons. The third-order valence-electron chi connectivity index (χ3n) is 3.36. The molecule has 0 amide bonds. The molecule has 0 aromatic carbocycles. The van der Waals surface area contributed by atoms with Crippen molar-refractivity contribution >= 4 is 21.8 Å². The summed E-state index contributed by atoms with van der Waals surface area (Å²) in [5.74, 6) is 0.816. The highest BCUT2D eigenvalue weighted by Gasteiger charge is 2.37. The summed E-state index contributed by atoms with van der Waals surface area (Å²) in [6.07, 6.45) is 0. The number of thioether (sulfide) groups is 1. The van der Waals surface area contributed by atoms with Crippen molar-refractivity contribution in [1.29, 1.82) is 0 Å². The molecule has 6 nitrogen and oxygen atoms in total. The molecule has 0 radical (unpaired) electrons. The van der Waals surface area contributed by atoms with Gasteiger partial charge in [0.1, 0.15) is 0 Å². The lowest BCUT2D eigenvalue weighted by atomic mass is 10.2. The van der Waals surface area contributed by atoms with Crippen LogP contribution in [0.15, 0.2) is 5.03 Å². The fourth-order valence-corrected chi connectivity index (χ4v) is 5.40. The van der Waals surface area contributed by atoms with Crippen LogP contribution in [-0.2, 0) is 16.6 Å². The molecule has 2 heterocycles. The van der Waals surface area contributed by atoms with Crippen LogP contribution in [0.3, 0.4) is 0 Å². The number of aromatic amines is 1. The van der Waals surface area contributed by atoms with Crippen molar-refractivity contribution in [3.63, 3.8) is 0 Å². The van der Waals surface area contributed by atoms with E-state index in [1.54, 1.807) is 11.4 Å². The molecular weight excluding hydrogens is 296 g/mol. The van der Waals surface area contributed by atoms with E-state index in [0.29, 0.717) is 19.6 Å². The first-order valence-electron chi connectivity index (χ1n) is 6.60. The Morgan fingerprint density at radius 3 is 2.80 bits per heavy atom. The van der Waals surface area contributed by atoms with Crippen LogP contribution in [0.4, 0.5) is 0 Å². The number of aromatic nitrogens is 2. The zero-order valence-corrected chi connectivity index (χ0v) is 14.0. The van der Waals surface area contributed by atoms with Crippen LogP contribution in [0.1, 0.15) is 25.1 Å². The van der Waals surface area contributed by atoms with Crippen LogP contribution in [0.2, 0.25) is 0 Å². The van der Waals surface area contributed by atoms with Crippen molar-refractivity contribution in [2.45, 2.75) is 37.1 Å². The number of hydrogen-bond acceptors (Lipinski definition) is 5. The van der Waals surface area contributed by atoms with Crippen molar-refractivity contribution in [2.75, 3.05) is 25.9 Å². The van der Waals surface area contributed by atoms with E-state index in [9.17, 15) is 8.42 Å². The van der Waals surface area contributed by atoms with Gasteiger partial charge in [-0.1, -0.05) is 0 Å². The van der Waals surface area contributed by atoms with Gasteiger partial charge in [0.2, 0.25) is 0 Å². The zero-order valence-electron chi connectivity index (χ0n) is 12.4. The molecule has 1 aliphatic heterocycles. The number of rotatable bonds is 4. The fourth-order valence-electron chi connectivity index (χ4n) is 2.33. The first-order valence-corrected chi connectivity index (χ1v) is 9.03. The third-order valence-corrected chi connectivity index (χ3v) is 6.48. The summed E-state index contributed by atoms with van der Waals surface area (Å²) in [6.45, 7) is 7.54. The smallest absolute Gasteiger partial charge is 0.262 e. The average molecular weight is 318 g/mol. The van der Waals surface area contributed by atoms with Gasteiger partial charge in [0.05, 0.1) is 0 Å². The maximum Gasteiger partial charge on any atom is 0.262 e. The van der Waals surface area contributed by atoms with Gasteiger partial charge >= 0.3 is 0 Å². The van der Waals surface area contributed by atoms with Gasteiger partial charge in [0, 0.05) is 41.4 Å². The molecule has 8 heteroatoms. The van der Waals surface area contributed by atoms with Crippen molar-refractivity contribution in [1.82, 2.24) is 19.8 Å². The van der Waals surface area contributed by atoms with Crippen LogP contribution >= 0.6 is 11.8 Å². The monoisotopic (exact) mass is 318 g/mol. The average Bonchev–Trinajstić information content (AvgIpc) is 2.71. The summed E-state index contributed by atoms with van der Waals surface area (Å²) < 4.78 is 27.1. The van der Waals surface area contributed by atoms with Crippen LogP contribution in [0, 0.1) is 6.92 Å². The molecule has 1 aromatic rings. The molecule has 0 spiro atoms. The largest absolute Gasteiger partial charge is 0.316 e. The molecule has 0 atom stereocenters. The maximum absolute atomic E-state index is 12.8. The lowest BCUT2D eigenvalue weighted by Gasteiger charge is -2.36. The first-order chi connectivity index (χ1) is 9.28. The molecule has 2 rings (SSSR count). The summed E-state index contributed by atoms with van der Waals surface area (Å²) >= 11 is 1.81. The van der Waals surface area contributed by atoms with Gasteiger partial charge in [-0.3, -0.25) is 5.10 Å². The minimum atomic E-state index is -3.53. The van der Waals surface area contributed by atoms with Crippen LogP contribution < -0.4 is 5.32 Å². The number of H-pyrrole nitrogens is 1. The minimum Gasteiger partial charge on any atom is -0.316 e. The summed E-state index contributed by atoms with van der Waals surface area (Å²) in [7, 11) is -1.73. The second-order valence-electron chi connectivity index (χ2n) is 5.61. The highest BCUT2D eigenvalue weighted by atomic mass is 32.2. The number of nitrogens with one attached hydrogen (secondary N) is 2. The van der Waals surface area contributed by atoms with E-state index < -0.39 is 10.0 Å². The lowest BCUT2D eigenvalue weighted by molar-refractivity contribution is 0.385. The predicted molar refractivity (Wildman–Crippen MR) is 81.4 cm³/mol. The van der Waals surface area contributed by atoms with Gasteiger partial charge < -0.3 is 5.32 Å². The Bertz CT molecular complexity index is 580. The molecule has 1 aromatic heterocycles. The Labute approximate surface area is 124 Å². The molecule has 20 heavy (non-hydrogen) atoms. The van der Waals surface area contributed by atoms with Crippen LogP contribution in [-0.4, -0.2) is 53.6 Å². The predicted octanol–water partition coefficient (Wildman–Crippen LogP) is 0.954. The van der Waals surface area contributed by atoms with Gasteiger partial charge in [-0.2, -0.15) is 21.2 Å². The van der Waals surface area contributed by atoms with Gasteiger partial charge in [-0.15, -0.1) is 0 Å². The number of nitrogens with zero attached hydrogens (tertiary/aromatic N) is 2. The van der Waals surface area contributed by atoms with Crippen LogP contribution in [0.5, 0.6) is 0 Å². The SMILES string of the molecule is CNCc1c(S(=O)(=O)N2CCSC(C)(C)C2)n[nH]c1C. The van der Waals surface area contributed by atoms with E-state index in [1.807, 2.05) is 18.7 Å². The summed E-state index contributed by atoms with van der Waals surface area (Å²) in [6, 6.07) is 0. The Morgan fingerprint density at radius 1 is 1.50 bits per heavy atom. The molecule has 1 saturated heterocycles. The highest BCUT2D eigenvalue weighted by Crippen LogP contribution is 2.32. The molecule has 0 aliphatic carbocycles. The topological polar surface area (TPSA) is 78.1 Å². The van der Waals surface area contributed by atoms with Gasteiger partial charge in [-0.25, -0.2) is 8.42 Å². The van der Waals surface area contributed by atoms with E-state index in [4.69, 9.17) is 0 Å². The second-order valence-corrected chi connectivity index (χ2v) is 9.26. The van der Waals surface area contributed by atoms with Crippen molar-refractivity contribution in [2.24, 2.45) is 0 Å². The number of aryl methyl sites for hydroxylation is 1. The highest BCUT2D eigenvalue weighted by molar-refractivity contribution is 8.00. The summed E-state index contributed by atoms with van der Waals surface area (Å²) in [5.41, 5.74) is 1.52. The lowest BCUT2D eigenvalue weighted by Crippen LogP contribution is -2.46. The first kappa shape index (κ1) is 15.8. The minimum absolute atomic E-state index is 0.0557. The zero-order chi connectivity index (χ0) is 15.0. The standard InChI is InChI=1S/C12H22N4O2S2/c1-9-10(7-13-4)11(15-14-9)20(17,18)16-5-6-19-12(2,3)8-16/h13H,5-8H2,1-4H3,(H,14,15). The quantitative estimate of drug-likeness (QED) is 0.864. The summed E-state index contributed by atoms with van der Waals surface area (Å²) in [4.78, 5) is 0. The Morgan fingerprint density at radius 2 is 2.20 bits per heavy atom. The number of hydrogen-bond donors (Lipinski definition) is 2. The van der Waals surface area contributed by atoms with E-state index >= 15 is 0 Å². The van der Waals surface area contributed by atoms with Crippen molar-refractivity contribution in [3.05, 3.63) is 11.3 Å². The van der Waals surface area contributed by atoms with E-state index in [0.717, 1.165) is 17.0 Å². The summed E-state index contributed by atoms with van der Waals surface area (Å²) in [5, 5.41) is 9.97. The molecule has 0 bridgehead atoms. The molecule has 2 N–H and O–H groups in total. The molecule has 1 fully saturated rings. The van der Waals surface area contributed by atoms with Crippen LogP contribution in [0.25, 0.3) is 0 Å². The van der Waals surface area contributed by atoms with E-state index in [2.05, 4.69) is 29.4 Å². The molecule has 1 aliphatic rings. The number of sulfonamides is 1. The Hall–Kier alpha value is -0.570. The fraction of sp³-hybridized carbons (Fsp3) is 0.750. The van der Waals surface area contributed by atoms with E-state index in [1.165, 1.54) is 0 Å². The molecule has 0 saturated carbocycles. The van der Waals surface area contributed by atoms with Gasteiger partial charge in [0.25, 0.3) is 10.0 Å². The van der Waals surface area contributed by atoms with Gasteiger partial charge in [-0.05, 0) is 27.8 Å².